The van der Waals surface area contributed by atoms with Crippen LogP contribution in [0, 0.1) is 5.92 Å². The summed E-state index contributed by atoms with van der Waals surface area (Å²) in [6.07, 6.45) is 7.18. The van der Waals surface area contributed by atoms with E-state index < -0.39 is 0 Å². The van der Waals surface area contributed by atoms with Gasteiger partial charge in [0.25, 0.3) is 0 Å². The summed E-state index contributed by atoms with van der Waals surface area (Å²) in [7, 11) is 0. The van der Waals surface area contributed by atoms with Gasteiger partial charge in [-0.1, -0.05) is 27.2 Å². The Bertz CT molecular complexity index is 448. The van der Waals surface area contributed by atoms with Crippen LogP contribution in [-0.4, -0.2) is 16.5 Å². The first-order chi connectivity index (χ1) is 9.69. The molecule has 2 atom stereocenters. The highest BCUT2D eigenvalue weighted by Gasteiger charge is 2.27. The van der Waals surface area contributed by atoms with Gasteiger partial charge in [-0.15, -0.1) is 0 Å². The van der Waals surface area contributed by atoms with E-state index in [1.807, 2.05) is 0 Å². The molecule has 0 bridgehead atoms. The number of hydrogen-bond donors (Lipinski definition) is 1. The number of hydrogen-bond acceptors (Lipinski definition) is 3. The highest BCUT2D eigenvalue weighted by atomic mass is 79.9. The van der Waals surface area contributed by atoms with Crippen LogP contribution in [0.15, 0.2) is 4.47 Å². The van der Waals surface area contributed by atoms with Crippen molar-refractivity contribution in [2.45, 2.75) is 65.2 Å². The standard InChI is InChI=1S/C16H26BrN3/c1-4-9-18-16-14(17)13(6-3)19-15(20-16)12-8-7-11(5-2)10-12/h11-12H,4-10H2,1-3H3,(H,18,19,20). The van der Waals surface area contributed by atoms with Gasteiger partial charge in [0.05, 0.1) is 10.2 Å². The van der Waals surface area contributed by atoms with Crippen LogP contribution in [0.25, 0.3) is 0 Å². The van der Waals surface area contributed by atoms with E-state index in [1.54, 1.807) is 0 Å². The SMILES string of the molecule is CCCNc1nc(C2CCC(CC)C2)nc(CC)c1Br. The molecule has 1 saturated carbocycles. The summed E-state index contributed by atoms with van der Waals surface area (Å²) in [6.45, 7) is 7.58. The van der Waals surface area contributed by atoms with Crippen LogP contribution in [0.1, 0.15) is 70.3 Å². The quantitative estimate of drug-likeness (QED) is 0.799. The minimum atomic E-state index is 0.556. The highest BCUT2D eigenvalue weighted by Crippen LogP contribution is 2.39. The summed E-state index contributed by atoms with van der Waals surface area (Å²) in [4.78, 5) is 9.61. The van der Waals surface area contributed by atoms with Crippen molar-refractivity contribution in [1.82, 2.24) is 9.97 Å². The Kier molecular flexibility index (Phi) is 5.82. The van der Waals surface area contributed by atoms with Crippen molar-refractivity contribution in [3.05, 3.63) is 16.0 Å². The molecule has 3 nitrogen and oxygen atoms in total. The second kappa shape index (κ2) is 7.39. The number of aryl methyl sites for hydroxylation is 1. The molecule has 1 aromatic heterocycles. The zero-order chi connectivity index (χ0) is 14.5. The van der Waals surface area contributed by atoms with Gasteiger partial charge in [-0.25, -0.2) is 9.97 Å². The van der Waals surface area contributed by atoms with E-state index in [-0.39, 0.29) is 0 Å². The summed E-state index contributed by atoms with van der Waals surface area (Å²) < 4.78 is 1.04. The van der Waals surface area contributed by atoms with Gasteiger partial charge in [0.2, 0.25) is 0 Å². The summed E-state index contributed by atoms with van der Waals surface area (Å²) >= 11 is 3.65. The lowest BCUT2D eigenvalue weighted by atomic mass is 10.0. The average molecular weight is 340 g/mol. The molecular weight excluding hydrogens is 314 g/mol. The summed E-state index contributed by atoms with van der Waals surface area (Å²) in [5.74, 6) is 3.46. The third-order valence-corrected chi connectivity index (χ3v) is 5.13. The molecule has 1 aromatic rings. The normalized spacial score (nSPS) is 22.2. The molecule has 0 aliphatic heterocycles. The lowest BCUT2D eigenvalue weighted by molar-refractivity contribution is 0.516. The van der Waals surface area contributed by atoms with E-state index in [0.717, 1.165) is 47.1 Å². The Balaban J connectivity index is 2.24. The van der Waals surface area contributed by atoms with Crippen molar-refractivity contribution < 1.29 is 0 Å². The second-order valence-electron chi connectivity index (χ2n) is 5.76. The fraction of sp³-hybridized carbons (Fsp3) is 0.750. The Hall–Kier alpha value is -0.640. The van der Waals surface area contributed by atoms with E-state index >= 15 is 0 Å². The van der Waals surface area contributed by atoms with Crippen molar-refractivity contribution in [1.29, 1.82) is 0 Å². The van der Waals surface area contributed by atoms with Crippen LogP contribution in [0.3, 0.4) is 0 Å². The van der Waals surface area contributed by atoms with Crippen molar-refractivity contribution in [3.8, 4) is 0 Å². The zero-order valence-corrected chi connectivity index (χ0v) is 14.5. The maximum Gasteiger partial charge on any atom is 0.144 e. The van der Waals surface area contributed by atoms with Crippen molar-refractivity contribution in [3.63, 3.8) is 0 Å². The molecule has 1 aliphatic rings. The monoisotopic (exact) mass is 339 g/mol. The number of nitrogens with zero attached hydrogens (tertiary/aromatic N) is 2. The molecule has 2 rings (SSSR count). The predicted molar refractivity (Wildman–Crippen MR) is 88.3 cm³/mol. The zero-order valence-electron chi connectivity index (χ0n) is 12.9. The van der Waals surface area contributed by atoms with Crippen LogP contribution >= 0.6 is 15.9 Å². The number of halogens is 1. The molecule has 1 fully saturated rings. The van der Waals surface area contributed by atoms with Gasteiger partial charge < -0.3 is 5.32 Å². The van der Waals surface area contributed by atoms with Crippen LogP contribution in [-0.2, 0) is 6.42 Å². The molecule has 4 heteroatoms. The largest absolute Gasteiger partial charge is 0.369 e. The molecule has 1 heterocycles. The van der Waals surface area contributed by atoms with Crippen molar-refractivity contribution in [2.24, 2.45) is 5.92 Å². The van der Waals surface area contributed by atoms with Crippen molar-refractivity contribution in [2.75, 3.05) is 11.9 Å². The molecule has 0 radical (unpaired) electrons. The topological polar surface area (TPSA) is 37.8 Å². The van der Waals surface area contributed by atoms with E-state index in [4.69, 9.17) is 9.97 Å². The Morgan fingerprint density at radius 1 is 1.20 bits per heavy atom. The van der Waals surface area contributed by atoms with Gasteiger partial charge in [-0.3, -0.25) is 0 Å². The van der Waals surface area contributed by atoms with Crippen LogP contribution in [0.2, 0.25) is 0 Å². The van der Waals surface area contributed by atoms with Gasteiger partial charge >= 0.3 is 0 Å². The fourth-order valence-electron chi connectivity index (χ4n) is 2.97. The summed E-state index contributed by atoms with van der Waals surface area (Å²) in [5, 5.41) is 3.43. The number of anilines is 1. The number of aromatic nitrogens is 2. The first-order valence-corrected chi connectivity index (χ1v) is 8.78. The van der Waals surface area contributed by atoms with E-state index in [1.165, 1.54) is 25.7 Å². The van der Waals surface area contributed by atoms with Gasteiger partial charge in [-0.05, 0) is 54.0 Å². The Morgan fingerprint density at radius 2 is 2.00 bits per heavy atom. The predicted octanol–water partition coefficient (Wildman–Crippen LogP) is 4.92. The lowest BCUT2D eigenvalue weighted by Crippen LogP contribution is -2.11. The van der Waals surface area contributed by atoms with Gasteiger partial charge in [-0.2, -0.15) is 0 Å². The number of rotatable bonds is 6. The maximum absolute atomic E-state index is 4.81. The molecule has 112 valence electrons. The number of nitrogens with one attached hydrogen (secondary N) is 1. The molecular formula is C16H26BrN3. The van der Waals surface area contributed by atoms with E-state index in [9.17, 15) is 0 Å². The first kappa shape index (κ1) is 15.7. The average Bonchev–Trinajstić information content (AvgIpc) is 2.95. The van der Waals surface area contributed by atoms with Crippen LogP contribution in [0.4, 0.5) is 5.82 Å². The van der Waals surface area contributed by atoms with Crippen LogP contribution in [0.5, 0.6) is 0 Å². The summed E-state index contributed by atoms with van der Waals surface area (Å²) in [5.41, 5.74) is 1.13. The summed E-state index contributed by atoms with van der Waals surface area (Å²) in [6, 6.07) is 0. The lowest BCUT2D eigenvalue weighted by Gasteiger charge is -2.15. The Labute approximate surface area is 131 Å². The fourth-order valence-corrected chi connectivity index (χ4v) is 3.57. The molecule has 1 aliphatic carbocycles. The molecule has 1 N–H and O–H groups in total. The van der Waals surface area contributed by atoms with Crippen LogP contribution < -0.4 is 5.32 Å². The minimum absolute atomic E-state index is 0.556. The second-order valence-corrected chi connectivity index (χ2v) is 6.55. The third kappa shape index (κ3) is 3.51. The van der Waals surface area contributed by atoms with Gasteiger partial charge in [0.1, 0.15) is 11.6 Å². The highest BCUT2D eigenvalue weighted by molar-refractivity contribution is 9.10. The third-order valence-electron chi connectivity index (χ3n) is 4.30. The molecule has 0 aromatic carbocycles. The molecule has 0 spiro atoms. The van der Waals surface area contributed by atoms with Gasteiger partial charge in [0, 0.05) is 12.5 Å². The van der Waals surface area contributed by atoms with E-state index in [0.29, 0.717) is 5.92 Å². The van der Waals surface area contributed by atoms with E-state index in [2.05, 4.69) is 42.0 Å². The Morgan fingerprint density at radius 3 is 2.60 bits per heavy atom. The van der Waals surface area contributed by atoms with Crippen molar-refractivity contribution >= 4 is 21.7 Å². The molecule has 2 unspecified atom stereocenters. The smallest absolute Gasteiger partial charge is 0.144 e. The molecule has 0 amide bonds. The molecule has 0 saturated heterocycles. The minimum Gasteiger partial charge on any atom is -0.369 e. The maximum atomic E-state index is 4.81. The first-order valence-electron chi connectivity index (χ1n) is 7.99. The molecule has 20 heavy (non-hydrogen) atoms. The van der Waals surface area contributed by atoms with Gasteiger partial charge in [0.15, 0.2) is 0 Å².